The van der Waals surface area contributed by atoms with Gasteiger partial charge in [0.25, 0.3) is 0 Å². The smallest absolute Gasteiger partial charge is 0.129 e. The van der Waals surface area contributed by atoms with Gasteiger partial charge in [0.05, 0.1) is 23.6 Å². The molecule has 1 aliphatic rings. The lowest BCUT2D eigenvalue weighted by atomic mass is 10.2. The van der Waals surface area contributed by atoms with E-state index in [0.29, 0.717) is 12.6 Å². The lowest BCUT2D eigenvalue weighted by molar-refractivity contribution is 0.155. The molecule has 1 aliphatic heterocycles. The first-order chi connectivity index (χ1) is 10.7. The van der Waals surface area contributed by atoms with Crippen molar-refractivity contribution < 1.29 is 14.3 Å². The number of aliphatic hydroxyl groups excluding tert-OH is 1. The Morgan fingerprint density at radius 2 is 2.41 bits per heavy atom. The fraction of sp³-hybridized carbons (Fsp3) is 0.562. The monoisotopic (exact) mass is 322 g/mol. The standard InChI is InChI=1S/C16H22N2O3S/c1-11(19)15-8-17-16(22-15)9-18-7-3-4-13(18)14-6-5-12(21-14)10-20-2/h5-6,8,11,13,19H,3-4,7,9-10H2,1-2H3. The Labute approximate surface area is 134 Å². The summed E-state index contributed by atoms with van der Waals surface area (Å²) in [5.41, 5.74) is 0. The third-order valence-corrected chi connectivity index (χ3v) is 5.14. The highest BCUT2D eigenvalue weighted by atomic mass is 32.1. The summed E-state index contributed by atoms with van der Waals surface area (Å²) < 4.78 is 11.0. The third-order valence-electron chi connectivity index (χ3n) is 3.98. The highest BCUT2D eigenvalue weighted by Gasteiger charge is 2.29. The molecule has 0 amide bonds. The van der Waals surface area contributed by atoms with Gasteiger partial charge in [0.1, 0.15) is 23.1 Å². The van der Waals surface area contributed by atoms with Gasteiger partial charge >= 0.3 is 0 Å². The molecule has 1 saturated heterocycles. The summed E-state index contributed by atoms with van der Waals surface area (Å²) >= 11 is 1.58. The van der Waals surface area contributed by atoms with E-state index >= 15 is 0 Å². The molecule has 22 heavy (non-hydrogen) atoms. The Hall–Kier alpha value is -1.21. The number of hydrogen-bond donors (Lipinski definition) is 1. The maximum absolute atomic E-state index is 9.61. The van der Waals surface area contributed by atoms with Crippen LogP contribution in [-0.2, 0) is 17.9 Å². The van der Waals surface area contributed by atoms with Gasteiger partial charge in [-0.15, -0.1) is 11.3 Å². The molecule has 0 aliphatic carbocycles. The number of nitrogens with zero attached hydrogens (tertiary/aromatic N) is 2. The highest BCUT2D eigenvalue weighted by molar-refractivity contribution is 7.11. The lowest BCUT2D eigenvalue weighted by Crippen LogP contribution is -2.22. The first-order valence-corrected chi connectivity index (χ1v) is 8.43. The van der Waals surface area contributed by atoms with Crippen molar-refractivity contribution in [3.63, 3.8) is 0 Å². The maximum atomic E-state index is 9.61. The number of thiazole rings is 1. The predicted molar refractivity (Wildman–Crippen MR) is 84.6 cm³/mol. The van der Waals surface area contributed by atoms with Gasteiger partial charge in [0.15, 0.2) is 0 Å². The SMILES string of the molecule is COCc1ccc(C2CCCN2Cc2ncc(C(C)O)s2)o1. The molecule has 3 heterocycles. The van der Waals surface area contributed by atoms with Crippen LogP contribution < -0.4 is 0 Å². The molecule has 6 heteroatoms. The van der Waals surface area contributed by atoms with Crippen molar-refractivity contribution >= 4 is 11.3 Å². The molecule has 0 aromatic carbocycles. The number of methoxy groups -OCH3 is 1. The normalized spacial score (nSPS) is 20.6. The zero-order chi connectivity index (χ0) is 15.5. The van der Waals surface area contributed by atoms with Gasteiger partial charge in [-0.3, -0.25) is 4.90 Å². The summed E-state index contributed by atoms with van der Waals surface area (Å²) in [6, 6.07) is 4.36. The minimum absolute atomic E-state index is 0.310. The van der Waals surface area contributed by atoms with E-state index in [1.807, 2.05) is 6.07 Å². The van der Waals surface area contributed by atoms with E-state index in [1.54, 1.807) is 31.6 Å². The number of hydrogen-bond acceptors (Lipinski definition) is 6. The molecule has 0 radical (unpaired) electrons. The van der Waals surface area contributed by atoms with Crippen molar-refractivity contribution in [1.29, 1.82) is 0 Å². The summed E-state index contributed by atoms with van der Waals surface area (Å²) in [7, 11) is 1.67. The zero-order valence-electron chi connectivity index (χ0n) is 13.0. The topological polar surface area (TPSA) is 58.7 Å². The Morgan fingerprint density at radius 3 is 3.14 bits per heavy atom. The van der Waals surface area contributed by atoms with Crippen LogP contribution in [0.1, 0.15) is 53.3 Å². The Kier molecular flexibility index (Phi) is 4.93. The second-order valence-corrected chi connectivity index (χ2v) is 6.84. The minimum Gasteiger partial charge on any atom is -0.462 e. The van der Waals surface area contributed by atoms with Crippen LogP contribution in [0.2, 0.25) is 0 Å². The molecule has 120 valence electrons. The van der Waals surface area contributed by atoms with Crippen LogP contribution in [0.5, 0.6) is 0 Å². The molecular weight excluding hydrogens is 300 g/mol. The van der Waals surface area contributed by atoms with Gasteiger partial charge in [-0.25, -0.2) is 4.98 Å². The van der Waals surface area contributed by atoms with Gasteiger partial charge in [-0.05, 0) is 38.4 Å². The van der Waals surface area contributed by atoms with E-state index in [1.165, 1.54) is 6.42 Å². The molecule has 0 saturated carbocycles. The molecular formula is C16H22N2O3S. The van der Waals surface area contributed by atoms with Gasteiger partial charge in [-0.2, -0.15) is 0 Å². The summed E-state index contributed by atoms with van der Waals surface area (Å²) in [5.74, 6) is 1.88. The lowest BCUT2D eigenvalue weighted by Gasteiger charge is -2.21. The van der Waals surface area contributed by atoms with Crippen molar-refractivity contribution in [3.05, 3.63) is 39.7 Å². The van der Waals surface area contributed by atoms with Crippen molar-refractivity contribution in [2.75, 3.05) is 13.7 Å². The molecule has 0 spiro atoms. The number of aliphatic hydroxyl groups is 1. The van der Waals surface area contributed by atoms with E-state index < -0.39 is 6.10 Å². The van der Waals surface area contributed by atoms with Gasteiger partial charge < -0.3 is 14.3 Å². The van der Waals surface area contributed by atoms with Gasteiger partial charge in [0, 0.05) is 13.3 Å². The maximum Gasteiger partial charge on any atom is 0.129 e. The average Bonchev–Trinajstić information content (AvgIpc) is 3.19. The van der Waals surface area contributed by atoms with E-state index in [4.69, 9.17) is 9.15 Å². The van der Waals surface area contributed by atoms with E-state index in [2.05, 4.69) is 16.0 Å². The highest BCUT2D eigenvalue weighted by Crippen LogP contribution is 2.35. The molecule has 2 atom stereocenters. The summed E-state index contributed by atoms with van der Waals surface area (Å²) in [5, 5.41) is 10.7. The molecule has 3 rings (SSSR count). The second-order valence-electron chi connectivity index (χ2n) is 5.70. The Balaban J connectivity index is 1.69. The van der Waals surface area contributed by atoms with Crippen LogP contribution in [0.3, 0.4) is 0 Å². The number of furan rings is 1. The first-order valence-electron chi connectivity index (χ1n) is 7.61. The molecule has 1 N–H and O–H groups in total. The van der Waals surface area contributed by atoms with Crippen LogP contribution in [0.15, 0.2) is 22.7 Å². The minimum atomic E-state index is -0.442. The van der Waals surface area contributed by atoms with E-state index in [0.717, 1.165) is 40.9 Å². The Bertz CT molecular complexity index is 608. The van der Waals surface area contributed by atoms with Crippen LogP contribution in [0.4, 0.5) is 0 Å². The summed E-state index contributed by atoms with van der Waals surface area (Å²) in [6.45, 7) is 4.14. The van der Waals surface area contributed by atoms with Crippen molar-refractivity contribution in [2.24, 2.45) is 0 Å². The summed E-state index contributed by atoms with van der Waals surface area (Å²) in [6.07, 6.45) is 3.61. The van der Waals surface area contributed by atoms with Crippen molar-refractivity contribution in [1.82, 2.24) is 9.88 Å². The number of rotatable bonds is 6. The molecule has 0 bridgehead atoms. The second kappa shape index (κ2) is 6.91. The fourth-order valence-corrected chi connectivity index (χ4v) is 3.78. The van der Waals surface area contributed by atoms with E-state index in [9.17, 15) is 5.11 Å². The van der Waals surface area contributed by atoms with Crippen molar-refractivity contribution in [2.45, 2.75) is 45.1 Å². The Morgan fingerprint density at radius 1 is 1.55 bits per heavy atom. The summed E-state index contributed by atoms with van der Waals surface area (Å²) in [4.78, 5) is 7.76. The van der Waals surface area contributed by atoms with Crippen LogP contribution in [0, 0.1) is 0 Å². The fourth-order valence-electron chi connectivity index (χ4n) is 2.90. The first kappa shape index (κ1) is 15.7. The van der Waals surface area contributed by atoms with Gasteiger partial charge in [0.2, 0.25) is 0 Å². The molecule has 2 aromatic heterocycles. The van der Waals surface area contributed by atoms with E-state index in [-0.39, 0.29) is 0 Å². The quantitative estimate of drug-likeness (QED) is 0.884. The van der Waals surface area contributed by atoms with Crippen molar-refractivity contribution in [3.8, 4) is 0 Å². The van der Waals surface area contributed by atoms with Crippen LogP contribution >= 0.6 is 11.3 Å². The number of aromatic nitrogens is 1. The molecule has 5 nitrogen and oxygen atoms in total. The largest absolute Gasteiger partial charge is 0.462 e. The number of ether oxygens (including phenoxy) is 1. The van der Waals surface area contributed by atoms with Crippen LogP contribution in [0.25, 0.3) is 0 Å². The molecule has 1 fully saturated rings. The number of likely N-dealkylation sites (tertiary alicyclic amines) is 1. The zero-order valence-corrected chi connectivity index (χ0v) is 13.8. The molecule has 2 aromatic rings. The third kappa shape index (κ3) is 3.41. The van der Waals surface area contributed by atoms with Crippen LogP contribution in [-0.4, -0.2) is 28.6 Å². The average molecular weight is 322 g/mol. The predicted octanol–water partition coefficient (Wildman–Crippen LogP) is 3.27. The van der Waals surface area contributed by atoms with Gasteiger partial charge in [-0.1, -0.05) is 0 Å². The molecule has 2 unspecified atom stereocenters.